The normalized spacial score (nSPS) is 10.1. The number of halogens is 1. The molecule has 2 aromatic carbocycles. The fraction of sp³-hybridized carbons (Fsp3) is 0.0667. The lowest BCUT2D eigenvalue weighted by atomic mass is 10.1. The number of rotatable bonds is 4. The number of esters is 1. The minimum absolute atomic E-state index is 0.0174. The van der Waals surface area contributed by atoms with Gasteiger partial charge in [0, 0.05) is 5.56 Å². The predicted molar refractivity (Wildman–Crippen MR) is 80.7 cm³/mol. The Hall–Kier alpha value is -2.09. The van der Waals surface area contributed by atoms with Crippen molar-refractivity contribution in [3.8, 4) is 5.75 Å². The van der Waals surface area contributed by atoms with E-state index in [1.807, 2.05) is 22.6 Å². The number of carboxylic acid groups (broad SMARTS) is 1. The van der Waals surface area contributed by atoms with Crippen LogP contribution in [0.4, 0.5) is 0 Å². The molecule has 1 N–H and O–H groups in total. The summed E-state index contributed by atoms with van der Waals surface area (Å²) in [6, 6.07) is 10.5. The van der Waals surface area contributed by atoms with Gasteiger partial charge in [-0.3, -0.25) is 0 Å². The molecule has 0 unspecified atom stereocenters. The van der Waals surface area contributed by atoms with Gasteiger partial charge in [0.15, 0.2) is 0 Å². The van der Waals surface area contributed by atoms with Crippen LogP contribution in [0.1, 0.15) is 26.3 Å². The third-order valence-corrected chi connectivity index (χ3v) is 3.61. The number of aromatic carboxylic acids is 1. The summed E-state index contributed by atoms with van der Waals surface area (Å²) in [5, 5.41) is 20.3. The van der Waals surface area contributed by atoms with Crippen molar-refractivity contribution in [3.63, 3.8) is 0 Å². The van der Waals surface area contributed by atoms with Crippen molar-refractivity contribution in [1.29, 1.82) is 0 Å². The van der Waals surface area contributed by atoms with Crippen molar-refractivity contribution in [2.75, 3.05) is 0 Å². The van der Waals surface area contributed by atoms with Crippen LogP contribution in [-0.4, -0.2) is 17.0 Å². The fourth-order valence-corrected chi connectivity index (χ4v) is 2.29. The molecule has 108 valence electrons. The SMILES string of the molecule is O=C([O-])c1ccccc1C(=O)OCc1ccc(O)c(I)c1. The highest BCUT2D eigenvalue weighted by Crippen LogP contribution is 2.21. The van der Waals surface area contributed by atoms with Crippen LogP contribution < -0.4 is 5.11 Å². The van der Waals surface area contributed by atoms with Gasteiger partial charge in [-0.05, 0) is 46.4 Å². The molecule has 0 saturated heterocycles. The van der Waals surface area contributed by atoms with Gasteiger partial charge in [-0.1, -0.05) is 24.3 Å². The third-order valence-electron chi connectivity index (χ3n) is 2.75. The number of carboxylic acids is 1. The second-order valence-electron chi connectivity index (χ2n) is 4.19. The van der Waals surface area contributed by atoms with E-state index in [0.717, 1.165) is 0 Å². The summed E-state index contributed by atoms with van der Waals surface area (Å²) in [6.07, 6.45) is 0. The second kappa shape index (κ2) is 6.57. The molecule has 0 heterocycles. The fourth-order valence-electron chi connectivity index (χ4n) is 1.71. The van der Waals surface area contributed by atoms with Crippen LogP contribution in [0.15, 0.2) is 42.5 Å². The van der Waals surface area contributed by atoms with Gasteiger partial charge in [-0.25, -0.2) is 4.79 Å². The molecular weight excluding hydrogens is 387 g/mol. The maximum Gasteiger partial charge on any atom is 0.339 e. The van der Waals surface area contributed by atoms with Gasteiger partial charge >= 0.3 is 5.97 Å². The molecular formula is C15H10IO5-. The van der Waals surface area contributed by atoms with E-state index in [9.17, 15) is 19.8 Å². The van der Waals surface area contributed by atoms with Crippen LogP contribution in [0, 0.1) is 3.57 Å². The van der Waals surface area contributed by atoms with Crippen LogP contribution in [0.2, 0.25) is 0 Å². The molecule has 2 rings (SSSR count). The standard InChI is InChI=1S/C15H11IO5/c16-12-7-9(5-6-13(12)17)8-21-15(20)11-4-2-1-3-10(11)14(18)19/h1-7,17H,8H2,(H,18,19)/p-1. The minimum Gasteiger partial charge on any atom is -0.545 e. The van der Waals surface area contributed by atoms with E-state index in [2.05, 4.69) is 0 Å². The molecule has 0 bridgehead atoms. The van der Waals surface area contributed by atoms with Crippen molar-refractivity contribution >= 4 is 34.5 Å². The van der Waals surface area contributed by atoms with Crippen LogP contribution in [0.3, 0.4) is 0 Å². The molecule has 0 aromatic heterocycles. The Kier molecular flexibility index (Phi) is 4.79. The van der Waals surface area contributed by atoms with E-state index in [4.69, 9.17) is 4.74 Å². The van der Waals surface area contributed by atoms with E-state index in [1.54, 1.807) is 18.2 Å². The monoisotopic (exact) mass is 397 g/mol. The summed E-state index contributed by atoms with van der Waals surface area (Å²) >= 11 is 1.96. The first kappa shape index (κ1) is 15.3. The Morgan fingerprint density at radius 1 is 1.14 bits per heavy atom. The van der Waals surface area contributed by atoms with Crippen molar-refractivity contribution in [2.45, 2.75) is 6.61 Å². The number of phenols is 1. The average Bonchev–Trinajstić information content (AvgIpc) is 2.48. The van der Waals surface area contributed by atoms with Gasteiger partial charge in [0.25, 0.3) is 0 Å². The summed E-state index contributed by atoms with van der Waals surface area (Å²) in [7, 11) is 0. The number of aromatic hydroxyl groups is 1. The molecule has 0 fully saturated rings. The number of hydrogen-bond acceptors (Lipinski definition) is 5. The Morgan fingerprint density at radius 3 is 2.43 bits per heavy atom. The second-order valence-corrected chi connectivity index (χ2v) is 5.36. The smallest absolute Gasteiger partial charge is 0.339 e. The predicted octanol–water partition coefficient (Wildman–Crippen LogP) is 1.72. The highest BCUT2D eigenvalue weighted by atomic mass is 127. The largest absolute Gasteiger partial charge is 0.545 e. The molecule has 6 heteroatoms. The molecule has 0 amide bonds. The number of hydrogen-bond donors (Lipinski definition) is 1. The van der Waals surface area contributed by atoms with Crippen molar-refractivity contribution in [3.05, 3.63) is 62.7 Å². The maximum absolute atomic E-state index is 11.9. The zero-order valence-electron chi connectivity index (χ0n) is 10.7. The van der Waals surface area contributed by atoms with Gasteiger partial charge in [0.05, 0.1) is 15.1 Å². The number of phenolic OH excluding ortho intramolecular Hbond substituents is 1. The number of benzene rings is 2. The van der Waals surface area contributed by atoms with Crippen LogP contribution >= 0.6 is 22.6 Å². The molecule has 0 spiro atoms. The lowest BCUT2D eigenvalue weighted by Crippen LogP contribution is -2.25. The minimum atomic E-state index is -1.43. The van der Waals surface area contributed by atoms with Crippen LogP contribution in [0.5, 0.6) is 5.75 Å². The van der Waals surface area contributed by atoms with E-state index in [0.29, 0.717) is 9.13 Å². The lowest BCUT2D eigenvalue weighted by molar-refractivity contribution is -0.255. The first-order valence-corrected chi connectivity index (χ1v) is 7.02. The van der Waals surface area contributed by atoms with E-state index in [1.165, 1.54) is 24.3 Å². The molecule has 0 atom stereocenters. The quantitative estimate of drug-likeness (QED) is 0.627. The third kappa shape index (κ3) is 3.72. The molecule has 0 radical (unpaired) electrons. The summed E-state index contributed by atoms with van der Waals surface area (Å²) < 4.78 is 5.72. The van der Waals surface area contributed by atoms with Crippen molar-refractivity contribution in [2.24, 2.45) is 0 Å². The van der Waals surface area contributed by atoms with Gasteiger partial charge in [0.2, 0.25) is 0 Å². The molecule has 0 aliphatic rings. The van der Waals surface area contributed by atoms with Gasteiger partial charge < -0.3 is 19.7 Å². The maximum atomic E-state index is 11.9. The number of carbonyl (C=O) groups is 2. The number of carbonyl (C=O) groups excluding carboxylic acids is 2. The van der Waals surface area contributed by atoms with Crippen LogP contribution in [-0.2, 0) is 11.3 Å². The van der Waals surface area contributed by atoms with E-state index >= 15 is 0 Å². The molecule has 21 heavy (non-hydrogen) atoms. The Morgan fingerprint density at radius 2 is 1.81 bits per heavy atom. The number of ether oxygens (including phenoxy) is 1. The van der Waals surface area contributed by atoms with E-state index in [-0.39, 0.29) is 23.5 Å². The van der Waals surface area contributed by atoms with Crippen molar-refractivity contribution in [1.82, 2.24) is 0 Å². The van der Waals surface area contributed by atoms with Gasteiger partial charge in [-0.2, -0.15) is 0 Å². The van der Waals surface area contributed by atoms with E-state index < -0.39 is 11.9 Å². The molecule has 0 saturated carbocycles. The van der Waals surface area contributed by atoms with Crippen LogP contribution in [0.25, 0.3) is 0 Å². The Balaban J connectivity index is 2.12. The average molecular weight is 397 g/mol. The Labute approximate surface area is 134 Å². The molecule has 2 aromatic rings. The zero-order chi connectivity index (χ0) is 15.4. The van der Waals surface area contributed by atoms with Gasteiger partial charge in [0.1, 0.15) is 12.4 Å². The topological polar surface area (TPSA) is 86.7 Å². The highest BCUT2D eigenvalue weighted by molar-refractivity contribution is 14.1. The Bertz CT molecular complexity index is 696. The molecule has 0 aliphatic heterocycles. The summed E-state index contributed by atoms with van der Waals surface area (Å²) in [4.78, 5) is 22.9. The first-order chi connectivity index (χ1) is 9.99. The summed E-state index contributed by atoms with van der Waals surface area (Å²) in [5.74, 6) is -2.02. The first-order valence-electron chi connectivity index (χ1n) is 5.94. The molecule has 5 nitrogen and oxygen atoms in total. The zero-order valence-corrected chi connectivity index (χ0v) is 12.9. The lowest BCUT2D eigenvalue weighted by Gasteiger charge is -2.10. The highest BCUT2D eigenvalue weighted by Gasteiger charge is 2.13. The summed E-state index contributed by atoms with van der Waals surface area (Å²) in [5.41, 5.74) is 0.435. The summed E-state index contributed by atoms with van der Waals surface area (Å²) in [6.45, 7) is -0.0174. The molecule has 0 aliphatic carbocycles. The van der Waals surface area contributed by atoms with Crippen molar-refractivity contribution < 1.29 is 24.5 Å². The van der Waals surface area contributed by atoms with Gasteiger partial charge in [-0.15, -0.1) is 0 Å².